The monoisotopic (exact) mass is 452 g/mol. The van der Waals surface area contributed by atoms with Crippen LogP contribution in [0.25, 0.3) is 11.4 Å². The smallest absolute Gasteiger partial charge is 0.368 e. The summed E-state index contributed by atoms with van der Waals surface area (Å²) in [4.78, 5) is 12.3. The summed E-state index contributed by atoms with van der Waals surface area (Å²) in [5.41, 5.74) is 5.19. The molecular weight excluding hydrogens is 428 g/mol. The first-order valence-electron chi connectivity index (χ1n) is 10.5. The van der Waals surface area contributed by atoms with Crippen LogP contribution in [0.3, 0.4) is 0 Å². The van der Waals surface area contributed by atoms with Crippen molar-refractivity contribution in [2.75, 3.05) is 0 Å². The molecule has 8 nitrogen and oxygen atoms in total. The van der Waals surface area contributed by atoms with E-state index in [2.05, 4.69) is 35.4 Å². The van der Waals surface area contributed by atoms with E-state index in [4.69, 9.17) is 16.3 Å². The van der Waals surface area contributed by atoms with Crippen molar-refractivity contribution in [3.63, 3.8) is 0 Å². The fourth-order valence-electron chi connectivity index (χ4n) is 3.55. The Morgan fingerprint density at radius 3 is 2.50 bits per heavy atom. The van der Waals surface area contributed by atoms with Crippen molar-refractivity contribution in [2.24, 2.45) is 7.05 Å². The summed E-state index contributed by atoms with van der Waals surface area (Å²) in [6.45, 7) is 6.38. The molecule has 0 aliphatic carbocycles. The first kappa shape index (κ1) is 21.8. The lowest BCUT2D eigenvalue weighted by molar-refractivity contribution is 0.305. The van der Waals surface area contributed by atoms with Gasteiger partial charge >= 0.3 is 5.69 Å². The molecule has 0 radical (unpaired) electrons. The van der Waals surface area contributed by atoms with Crippen LogP contribution in [0.15, 0.2) is 47.3 Å². The SMILES string of the molecule is CCc1cc(CC)n(-c2ccc(OCc3c(C)cccc3-n3nnn(C)c3=O)c(Cl)c2)n1. The number of hydrogen-bond donors (Lipinski definition) is 0. The Hall–Kier alpha value is -3.39. The summed E-state index contributed by atoms with van der Waals surface area (Å²) < 4.78 is 10.4. The van der Waals surface area contributed by atoms with Gasteiger partial charge in [-0.05, 0) is 66.1 Å². The maximum absolute atomic E-state index is 12.3. The van der Waals surface area contributed by atoms with E-state index in [0.29, 0.717) is 16.5 Å². The highest BCUT2D eigenvalue weighted by atomic mass is 35.5. The molecule has 2 aromatic heterocycles. The highest BCUT2D eigenvalue weighted by molar-refractivity contribution is 6.32. The number of aryl methyl sites for hydroxylation is 4. The fraction of sp³-hybridized carbons (Fsp3) is 0.304. The van der Waals surface area contributed by atoms with Crippen LogP contribution in [-0.4, -0.2) is 29.6 Å². The molecule has 4 aromatic rings. The van der Waals surface area contributed by atoms with Crippen molar-refractivity contribution in [1.82, 2.24) is 29.6 Å². The predicted octanol–water partition coefficient (Wildman–Crippen LogP) is 3.82. The maximum atomic E-state index is 12.3. The number of hydrogen-bond acceptors (Lipinski definition) is 5. The molecule has 4 rings (SSSR count). The van der Waals surface area contributed by atoms with Gasteiger partial charge in [-0.25, -0.2) is 9.48 Å². The largest absolute Gasteiger partial charge is 0.487 e. The third-order valence-electron chi connectivity index (χ3n) is 5.43. The highest BCUT2D eigenvalue weighted by Gasteiger charge is 2.15. The number of nitrogens with zero attached hydrogens (tertiary/aromatic N) is 6. The van der Waals surface area contributed by atoms with Gasteiger partial charge < -0.3 is 4.74 Å². The average Bonchev–Trinajstić information content (AvgIpc) is 3.36. The number of tetrazole rings is 1. The maximum Gasteiger partial charge on any atom is 0.368 e. The molecule has 0 aliphatic heterocycles. The van der Waals surface area contributed by atoms with Crippen LogP contribution in [0, 0.1) is 6.92 Å². The fourth-order valence-corrected chi connectivity index (χ4v) is 3.78. The molecule has 166 valence electrons. The second kappa shape index (κ2) is 9.00. The van der Waals surface area contributed by atoms with Gasteiger partial charge in [-0.1, -0.05) is 37.6 Å². The van der Waals surface area contributed by atoms with Crippen molar-refractivity contribution >= 4 is 11.6 Å². The van der Waals surface area contributed by atoms with Crippen molar-refractivity contribution in [2.45, 2.75) is 40.2 Å². The van der Waals surface area contributed by atoms with Crippen molar-refractivity contribution < 1.29 is 4.74 Å². The van der Waals surface area contributed by atoms with Crippen LogP contribution in [0.1, 0.15) is 36.4 Å². The molecule has 32 heavy (non-hydrogen) atoms. The molecule has 0 N–H and O–H groups in total. The zero-order chi connectivity index (χ0) is 22.8. The summed E-state index contributed by atoms with van der Waals surface area (Å²) in [6.07, 6.45) is 1.75. The zero-order valence-electron chi connectivity index (χ0n) is 18.5. The number of halogens is 1. The summed E-state index contributed by atoms with van der Waals surface area (Å²) in [6, 6.07) is 13.4. The van der Waals surface area contributed by atoms with Crippen LogP contribution in [0.4, 0.5) is 0 Å². The Morgan fingerprint density at radius 1 is 1.03 bits per heavy atom. The molecule has 2 aromatic carbocycles. The van der Waals surface area contributed by atoms with Gasteiger partial charge in [0.15, 0.2) is 0 Å². The Balaban J connectivity index is 1.61. The van der Waals surface area contributed by atoms with Crippen molar-refractivity contribution in [1.29, 1.82) is 0 Å². The number of ether oxygens (including phenoxy) is 1. The lowest BCUT2D eigenvalue weighted by Crippen LogP contribution is -2.23. The van der Waals surface area contributed by atoms with Gasteiger partial charge in [0.1, 0.15) is 12.4 Å². The van der Waals surface area contributed by atoms with E-state index in [1.807, 2.05) is 48.0 Å². The van der Waals surface area contributed by atoms with Crippen LogP contribution >= 0.6 is 11.6 Å². The van der Waals surface area contributed by atoms with Gasteiger partial charge in [0.25, 0.3) is 0 Å². The van der Waals surface area contributed by atoms with Gasteiger partial charge in [-0.2, -0.15) is 14.5 Å². The first-order valence-corrected chi connectivity index (χ1v) is 10.9. The Labute approximate surface area is 191 Å². The molecule has 0 fully saturated rings. The van der Waals surface area contributed by atoms with Crippen LogP contribution < -0.4 is 10.4 Å². The Morgan fingerprint density at radius 2 is 1.84 bits per heavy atom. The lowest BCUT2D eigenvalue weighted by atomic mass is 10.1. The summed E-state index contributed by atoms with van der Waals surface area (Å²) in [5, 5.41) is 12.9. The van der Waals surface area contributed by atoms with E-state index < -0.39 is 0 Å². The minimum atomic E-state index is -0.323. The summed E-state index contributed by atoms with van der Waals surface area (Å²) in [5.74, 6) is 0.553. The highest BCUT2D eigenvalue weighted by Crippen LogP contribution is 2.29. The minimum Gasteiger partial charge on any atom is -0.487 e. The predicted molar refractivity (Wildman–Crippen MR) is 123 cm³/mol. The van der Waals surface area contributed by atoms with E-state index in [1.165, 1.54) is 9.36 Å². The topological polar surface area (TPSA) is 79.8 Å². The minimum absolute atomic E-state index is 0.228. The normalized spacial score (nSPS) is 11.2. The van der Waals surface area contributed by atoms with Gasteiger partial charge in [0, 0.05) is 18.3 Å². The van der Waals surface area contributed by atoms with Gasteiger partial charge in [0.05, 0.1) is 22.1 Å². The van der Waals surface area contributed by atoms with Crippen LogP contribution in [-0.2, 0) is 26.5 Å². The Kier molecular flexibility index (Phi) is 6.14. The number of benzene rings is 2. The van der Waals surface area contributed by atoms with E-state index in [-0.39, 0.29) is 12.3 Å². The van der Waals surface area contributed by atoms with Gasteiger partial charge in [-0.3, -0.25) is 0 Å². The molecule has 9 heteroatoms. The molecule has 0 amide bonds. The molecule has 0 aliphatic rings. The molecule has 0 spiro atoms. The summed E-state index contributed by atoms with van der Waals surface area (Å²) in [7, 11) is 1.56. The van der Waals surface area contributed by atoms with Gasteiger partial charge in [-0.15, -0.1) is 0 Å². The zero-order valence-corrected chi connectivity index (χ0v) is 19.3. The third kappa shape index (κ3) is 4.05. The molecular formula is C23H25ClN6O2. The van der Waals surface area contributed by atoms with Gasteiger partial charge in [0.2, 0.25) is 0 Å². The summed E-state index contributed by atoms with van der Waals surface area (Å²) >= 11 is 6.56. The molecule has 0 unspecified atom stereocenters. The Bertz CT molecular complexity index is 1320. The van der Waals surface area contributed by atoms with Crippen LogP contribution in [0.5, 0.6) is 5.75 Å². The molecule has 0 saturated heterocycles. The van der Waals surface area contributed by atoms with Crippen molar-refractivity contribution in [3.8, 4) is 17.1 Å². The van der Waals surface area contributed by atoms with E-state index in [1.54, 1.807) is 7.05 Å². The second-order valence-electron chi connectivity index (χ2n) is 7.52. The number of rotatable bonds is 7. The lowest BCUT2D eigenvalue weighted by Gasteiger charge is -2.14. The van der Waals surface area contributed by atoms with Crippen molar-refractivity contribution in [3.05, 3.63) is 80.5 Å². The average molecular weight is 453 g/mol. The molecule has 0 bridgehead atoms. The molecule has 0 saturated carbocycles. The first-order chi connectivity index (χ1) is 15.4. The molecule has 0 atom stereocenters. The quantitative estimate of drug-likeness (QED) is 0.426. The van der Waals surface area contributed by atoms with E-state index in [0.717, 1.165) is 41.0 Å². The second-order valence-corrected chi connectivity index (χ2v) is 7.93. The van der Waals surface area contributed by atoms with E-state index >= 15 is 0 Å². The third-order valence-corrected chi connectivity index (χ3v) is 5.72. The standard InChI is InChI=1S/C23H25ClN6O2/c1-5-16-12-17(6-2)29(25-16)18-10-11-22(20(24)13-18)32-14-19-15(3)8-7-9-21(19)30-23(31)28(4)26-27-30/h7-13H,5-6,14H2,1-4H3. The van der Waals surface area contributed by atoms with Crippen LogP contribution in [0.2, 0.25) is 5.02 Å². The number of aromatic nitrogens is 6. The van der Waals surface area contributed by atoms with E-state index in [9.17, 15) is 4.79 Å². The molecule has 2 heterocycles.